The number of aromatic nitrogens is 4. The zero-order valence-corrected chi connectivity index (χ0v) is 16.1. The van der Waals surface area contributed by atoms with Crippen LogP contribution in [0.3, 0.4) is 0 Å². The highest BCUT2D eigenvalue weighted by molar-refractivity contribution is 5.76. The fraction of sp³-hybridized carbons (Fsp3) is 0.182. The molecule has 0 spiro atoms. The lowest BCUT2D eigenvalue weighted by Gasteiger charge is -2.15. The van der Waals surface area contributed by atoms with E-state index in [9.17, 15) is 4.79 Å². The summed E-state index contributed by atoms with van der Waals surface area (Å²) in [7, 11) is 1.78. The first-order valence-electron chi connectivity index (χ1n) is 9.40. The van der Waals surface area contributed by atoms with Gasteiger partial charge in [0.05, 0.1) is 11.9 Å². The van der Waals surface area contributed by atoms with Gasteiger partial charge in [-0.05, 0) is 12.1 Å². The Bertz CT molecular complexity index is 1070. The van der Waals surface area contributed by atoms with E-state index in [1.165, 1.54) is 0 Å². The number of amides is 1. The summed E-state index contributed by atoms with van der Waals surface area (Å²) in [6.45, 7) is 0.491. The zero-order chi connectivity index (χ0) is 20.1. The smallest absolute Gasteiger partial charge is 0.227 e. The number of rotatable bonds is 7. The van der Waals surface area contributed by atoms with Crippen molar-refractivity contribution in [1.82, 2.24) is 24.8 Å². The predicted molar refractivity (Wildman–Crippen MR) is 108 cm³/mol. The van der Waals surface area contributed by atoms with Crippen molar-refractivity contribution in [3.63, 3.8) is 0 Å². The molecule has 0 radical (unpaired) electrons. The molecule has 0 aliphatic heterocycles. The molecular formula is C22H21N5O2. The number of para-hydroxylation sites is 1. The minimum Gasteiger partial charge on any atom is -0.341 e. The van der Waals surface area contributed by atoms with Crippen LogP contribution in [-0.2, 0) is 17.8 Å². The van der Waals surface area contributed by atoms with Crippen LogP contribution in [0.15, 0.2) is 77.6 Å². The van der Waals surface area contributed by atoms with Crippen LogP contribution in [0.1, 0.15) is 17.9 Å². The van der Waals surface area contributed by atoms with Crippen molar-refractivity contribution >= 4 is 5.91 Å². The SMILES string of the molecule is CN(Cc1cnn(-c2ccccc2)c1)C(=O)CCc1nc(-c2ccccc2)no1. The Morgan fingerprint density at radius 1 is 1.07 bits per heavy atom. The maximum Gasteiger partial charge on any atom is 0.227 e. The van der Waals surface area contributed by atoms with Gasteiger partial charge in [-0.1, -0.05) is 53.7 Å². The Hall–Kier alpha value is -3.74. The number of aryl methyl sites for hydroxylation is 1. The highest BCUT2D eigenvalue weighted by Gasteiger charge is 2.14. The molecule has 0 bridgehead atoms. The molecule has 4 aromatic rings. The average molecular weight is 387 g/mol. The van der Waals surface area contributed by atoms with Crippen LogP contribution in [-0.4, -0.2) is 37.8 Å². The number of benzene rings is 2. The normalized spacial score (nSPS) is 10.8. The van der Waals surface area contributed by atoms with E-state index in [4.69, 9.17) is 4.52 Å². The molecule has 4 rings (SSSR count). The lowest BCUT2D eigenvalue weighted by Crippen LogP contribution is -2.26. The molecule has 2 heterocycles. The van der Waals surface area contributed by atoms with Crippen molar-refractivity contribution in [3.8, 4) is 17.1 Å². The van der Waals surface area contributed by atoms with E-state index in [-0.39, 0.29) is 5.91 Å². The molecule has 0 unspecified atom stereocenters. The molecule has 7 nitrogen and oxygen atoms in total. The van der Waals surface area contributed by atoms with E-state index in [0.717, 1.165) is 16.8 Å². The molecule has 0 aliphatic rings. The van der Waals surface area contributed by atoms with E-state index in [1.54, 1.807) is 22.8 Å². The second-order valence-electron chi connectivity index (χ2n) is 6.76. The van der Waals surface area contributed by atoms with Crippen LogP contribution in [0.25, 0.3) is 17.1 Å². The molecule has 0 aliphatic carbocycles. The summed E-state index contributed by atoms with van der Waals surface area (Å²) in [5.74, 6) is 1.01. The standard InChI is InChI=1S/C22H21N5O2/c1-26(15-17-14-23-27(16-17)19-10-6-3-7-11-19)21(28)13-12-20-24-22(25-29-20)18-8-4-2-5-9-18/h2-11,14,16H,12-13,15H2,1H3. The van der Waals surface area contributed by atoms with Gasteiger partial charge in [0.2, 0.25) is 17.6 Å². The highest BCUT2D eigenvalue weighted by Crippen LogP contribution is 2.16. The zero-order valence-electron chi connectivity index (χ0n) is 16.1. The molecule has 2 aromatic heterocycles. The van der Waals surface area contributed by atoms with Gasteiger partial charge < -0.3 is 9.42 Å². The third-order valence-corrected chi connectivity index (χ3v) is 4.56. The molecule has 29 heavy (non-hydrogen) atoms. The number of hydrogen-bond acceptors (Lipinski definition) is 5. The third kappa shape index (κ3) is 4.57. The van der Waals surface area contributed by atoms with Gasteiger partial charge >= 0.3 is 0 Å². The van der Waals surface area contributed by atoms with Crippen molar-refractivity contribution in [2.45, 2.75) is 19.4 Å². The van der Waals surface area contributed by atoms with Crippen LogP contribution >= 0.6 is 0 Å². The number of carbonyl (C=O) groups excluding carboxylic acids is 1. The highest BCUT2D eigenvalue weighted by atomic mass is 16.5. The molecule has 146 valence electrons. The summed E-state index contributed by atoms with van der Waals surface area (Å²) < 4.78 is 7.08. The van der Waals surface area contributed by atoms with E-state index < -0.39 is 0 Å². The topological polar surface area (TPSA) is 77.1 Å². The molecule has 7 heteroatoms. The molecular weight excluding hydrogens is 366 g/mol. The largest absolute Gasteiger partial charge is 0.341 e. The van der Waals surface area contributed by atoms with Gasteiger partial charge in [-0.15, -0.1) is 0 Å². The lowest BCUT2D eigenvalue weighted by atomic mass is 10.2. The van der Waals surface area contributed by atoms with Crippen molar-refractivity contribution in [2.75, 3.05) is 7.05 Å². The van der Waals surface area contributed by atoms with Gasteiger partial charge in [-0.3, -0.25) is 4.79 Å². The summed E-state index contributed by atoms with van der Waals surface area (Å²) in [5.41, 5.74) is 2.84. The summed E-state index contributed by atoms with van der Waals surface area (Å²) in [5, 5.41) is 8.36. The number of hydrogen-bond donors (Lipinski definition) is 0. The van der Waals surface area contributed by atoms with Gasteiger partial charge in [0.1, 0.15) is 0 Å². The van der Waals surface area contributed by atoms with Crippen molar-refractivity contribution in [2.24, 2.45) is 0 Å². The van der Waals surface area contributed by atoms with Crippen LogP contribution in [0.2, 0.25) is 0 Å². The Labute approximate surface area is 168 Å². The van der Waals surface area contributed by atoms with Crippen LogP contribution < -0.4 is 0 Å². The maximum absolute atomic E-state index is 12.5. The van der Waals surface area contributed by atoms with Crippen molar-refractivity contribution < 1.29 is 9.32 Å². The molecule has 0 saturated heterocycles. The van der Waals surface area contributed by atoms with E-state index >= 15 is 0 Å². The molecule has 0 N–H and O–H groups in total. The second-order valence-corrected chi connectivity index (χ2v) is 6.76. The van der Waals surface area contributed by atoms with Gasteiger partial charge in [0, 0.05) is 43.8 Å². The molecule has 0 fully saturated rings. The van der Waals surface area contributed by atoms with Crippen molar-refractivity contribution in [3.05, 3.63) is 84.5 Å². The maximum atomic E-state index is 12.5. The first-order valence-corrected chi connectivity index (χ1v) is 9.40. The fourth-order valence-electron chi connectivity index (χ4n) is 2.99. The fourth-order valence-corrected chi connectivity index (χ4v) is 2.99. The Morgan fingerprint density at radius 2 is 1.79 bits per heavy atom. The number of nitrogens with zero attached hydrogens (tertiary/aromatic N) is 5. The third-order valence-electron chi connectivity index (χ3n) is 4.56. The monoisotopic (exact) mass is 387 g/mol. The number of carbonyl (C=O) groups is 1. The van der Waals surface area contributed by atoms with Crippen molar-refractivity contribution in [1.29, 1.82) is 0 Å². The molecule has 1 amide bonds. The minimum atomic E-state index is 0.0110. The van der Waals surface area contributed by atoms with E-state index in [0.29, 0.717) is 31.1 Å². The minimum absolute atomic E-state index is 0.0110. The molecule has 0 atom stereocenters. The van der Waals surface area contributed by atoms with Crippen LogP contribution in [0, 0.1) is 0 Å². The van der Waals surface area contributed by atoms with Gasteiger partial charge in [-0.25, -0.2) is 4.68 Å². The van der Waals surface area contributed by atoms with Gasteiger partial charge in [0.15, 0.2) is 0 Å². The van der Waals surface area contributed by atoms with E-state index in [2.05, 4.69) is 15.2 Å². The van der Waals surface area contributed by atoms with Crippen LogP contribution in [0.4, 0.5) is 0 Å². The average Bonchev–Trinajstić information content (AvgIpc) is 3.43. The Kier molecular flexibility index (Phi) is 5.47. The summed E-state index contributed by atoms with van der Waals surface area (Å²) >= 11 is 0. The first kappa shape index (κ1) is 18.6. The lowest BCUT2D eigenvalue weighted by molar-refractivity contribution is -0.130. The second kappa shape index (κ2) is 8.52. The molecule has 2 aromatic carbocycles. The summed E-state index contributed by atoms with van der Waals surface area (Å²) in [6, 6.07) is 19.5. The van der Waals surface area contributed by atoms with Gasteiger partial charge in [0.25, 0.3) is 0 Å². The molecule has 0 saturated carbocycles. The Balaban J connectivity index is 1.31. The summed E-state index contributed by atoms with van der Waals surface area (Å²) in [4.78, 5) is 18.5. The van der Waals surface area contributed by atoms with Gasteiger partial charge in [-0.2, -0.15) is 10.1 Å². The first-order chi connectivity index (χ1) is 14.2. The van der Waals surface area contributed by atoms with E-state index in [1.807, 2.05) is 66.9 Å². The predicted octanol–water partition coefficient (Wildman–Crippen LogP) is 3.51. The Morgan fingerprint density at radius 3 is 2.55 bits per heavy atom. The quantitative estimate of drug-likeness (QED) is 0.485. The van der Waals surface area contributed by atoms with Crippen LogP contribution in [0.5, 0.6) is 0 Å². The summed E-state index contributed by atoms with van der Waals surface area (Å²) in [6.07, 6.45) is 4.43.